The predicted octanol–water partition coefficient (Wildman–Crippen LogP) is 0.900. The SMILES string of the molecule is CC(C)(C)OC(=O)[C@H]1O[C@@H](n2cc(I)c(=O)[nH]c2=O)[C@@H]2OC(C)(C)O[C@@H]21. The topological polar surface area (TPSA) is 109 Å². The maximum absolute atomic E-state index is 12.6. The van der Waals surface area contributed by atoms with Crippen LogP contribution in [0.4, 0.5) is 0 Å². The van der Waals surface area contributed by atoms with Crippen molar-refractivity contribution in [2.75, 3.05) is 0 Å². The lowest BCUT2D eigenvalue weighted by atomic mass is 10.1. The van der Waals surface area contributed by atoms with Crippen LogP contribution in [0.25, 0.3) is 0 Å². The summed E-state index contributed by atoms with van der Waals surface area (Å²) in [6.07, 6.45) is -2.06. The molecule has 3 heterocycles. The maximum atomic E-state index is 12.6. The molecule has 26 heavy (non-hydrogen) atoms. The molecule has 0 aliphatic carbocycles. The number of H-pyrrole nitrogens is 1. The zero-order valence-corrected chi connectivity index (χ0v) is 17.2. The van der Waals surface area contributed by atoms with E-state index in [2.05, 4.69) is 4.98 Å². The first-order chi connectivity index (χ1) is 11.9. The summed E-state index contributed by atoms with van der Waals surface area (Å²) in [6.45, 7) is 8.68. The van der Waals surface area contributed by atoms with Crippen molar-refractivity contribution in [1.29, 1.82) is 0 Å². The average Bonchev–Trinajstić information content (AvgIpc) is 2.94. The Bertz CT molecular complexity index is 838. The van der Waals surface area contributed by atoms with Crippen LogP contribution >= 0.6 is 22.6 Å². The average molecular weight is 480 g/mol. The van der Waals surface area contributed by atoms with E-state index in [0.29, 0.717) is 3.57 Å². The second kappa shape index (κ2) is 6.43. The number of nitrogens with zero attached hydrogens (tertiary/aromatic N) is 1. The first-order valence-electron chi connectivity index (χ1n) is 8.13. The second-order valence-corrected chi connectivity index (χ2v) is 8.85. The van der Waals surface area contributed by atoms with E-state index >= 15 is 0 Å². The van der Waals surface area contributed by atoms with Gasteiger partial charge in [0.2, 0.25) is 0 Å². The molecule has 0 unspecified atom stereocenters. The molecule has 0 radical (unpaired) electrons. The summed E-state index contributed by atoms with van der Waals surface area (Å²) in [5.74, 6) is -1.54. The van der Waals surface area contributed by atoms with Gasteiger partial charge < -0.3 is 18.9 Å². The van der Waals surface area contributed by atoms with E-state index in [0.717, 1.165) is 0 Å². The highest BCUT2D eigenvalue weighted by Crippen LogP contribution is 2.43. The minimum Gasteiger partial charge on any atom is -0.458 e. The lowest BCUT2D eigenvalue weighted by Gasteiger charge is -2.26. The molecule has 3 rings (SSSR count). The molecular formula is C16H21IN2O7. The minimum absolute atomic E-state index is 0.307. The number of aromatic amines is 1. The molecule has 2 aliphatic heterocycles. The standard InChI is InChI=1S/C16H21IN2O7/c1-15(2,3)26-13(21)10-8-9(25-16(4,5)24-8)12(23-10)19-6-7(17)11(20)18-14(19)22/h6,8-10,12H,1-5H3,(H,18,20,22)/t8-,9+,10-,12+/m0/s1. The third-order valence-electron chi connectivity index (χ3n) is 3.87. The van der Waals surface area contributed by atoms with Gasteiger partial charge in [0.25, 0.3) is 5.56 Å². The molecule has 1 N–H and O–H groups in total. The van der Waals surface area contributed by atoms with Crippen molar-refractivity contribution in [3.8, 4) is 0 Å². The highest BCUT2D eigenvalue weighted by Gasteiger charge is 2.59. The molecule has 144 valence electrons. The zero-order chi connectivity index (χ0) is 19.4. The fourth-order valence-corrected chi connectivity index (χ4v) is 3.44. The number of nitrogens with one attached hydrogen (secondary N) is 1. The summed E-state index contributed by atoms with van der Waals surface area (Å²) < 4.78 is 24.4. The number of esters is 1. The fraction of sp³-hybridized carbons (Fsp3) is 0.688. The van der Waals surface area contributed by atoms with Crippen LogP contribution in [-0.4, -0.2) is 45.2 Å². The Morgan fingerprint density at radius 2 is 1.88 bits per heavy atom. The molecule has 0 spiro atoms. The molecule has 1 aromatic heterocycles. The van der Waals surface area contributed by atoms with Crippen molar-refractivity contribution in [2.24, 2.45) is 0 Å². The molecule has 0 amide bonds. The second-order valence-electron chi connectivity index (χ2n) is 7.69. The van der Waals surface area contributed by atoms with Crippen LogP contribution in [0.2, 0.25) is 0 Å². The Labute approximate surface area is 163 Å². The van der Waals surface area contributed by atoms with Gasteiger partial charge in [-0.2, -0.15) is 0 Å². The Kier molecular flexibility index (Phi) is 4.83. The van der Waals surface area contributed by atoms with Crippen molar-refractivity contribution in [3.05, 3.63) is 30.6 Å². The number of carbonyl (C=O) groups excluding carboxylic acids is 1. The van der Waals surface area contributed by atoms with Gasteiger partial charge in [0.1, 0.15) is 17.8 Å². The Morgan fingerprint density at radius 3 is 2.50 bits per heavy atom. The molecule has 10 heteroatoms. The third kappa shape index (κ3) is 3.73. The molecule has 9 nitrogen and oxygen atoms in total. The van der Waals surface area contributed by atoms with Gasteiger partial charge in [0.05, 0.1) is 3.57 Å². The van der Waals surface area contributed by atoms with Crippen LogP contribution in [0.15, 0.2) is 15.8 Å². The molecule has 0 saturated carbocycles. The third-order valence-corrected chi connectivity index (χ3v) is 4.64. The number of hydrogen-bond acceptors (Lipinski definition) is 7. The quantitative estimate of drug-likeness (QED) is 0.495. The predicted molar refractivity (Wildman–Crippen MR) is 97.6 cm³/mol. The van der Waals surface area contributed by atoms with Crippen LogP contribution in [0.1, 0.15) is 40.8 Å². The number of ether oxygens (including phenoxy) is 4. The van der Waals surface area contributed by atoms with Crippen LogP contribution in [-0.2, 0) is 23.7 Å². The van der Waals surface area contributed by atoms with Crippen molar-refractivity contribution >= 4 is 28.6 Å². The van der Waals surface area contributed by atoms with Crippen molar-refractivity contribution in [3.63, 3.8) is 0 Å². The fourth-order valence-electron chi connectivity index (χ4n) is 3.00. The van der Waals surface area contributed by atoms with Crippen LogP contribution in [0.5, 0.6) is 0 Å². The molecular weight excluding hydrogens is 459 g/mol. The summed E-state index contributed by atoms with van der Waals surface area (Å²) in [6, 6.07) is 0. The first-order valence-corrected chi connectivity index (χ1v) is 9.21. The van der Waals surface area contributed by atoms with E-state index in [-0.39, 0.29) is 0 Å². The van der Waals surface area contributed by atoms with E-state index in [1.807, 2.05) is 22.6 Å². The van der Waals surface area contributed by atoms with Crippen LogP contribution in [0.3, 0.4) is 0 Å². The largest absolute Gasteiger partial charge is 0.458 e. The van der Waals surface area contributed by atoms with Gasteiger partial charge in [-0.15, -0.1) is 0 Å². The lowest BCUT2D eigenvalue weighted by Crippen LogP contribution is -2.40. The Hall–Kier alpha value is -1.24. The zero-order valence-electron chi connectivity index (χ0n) is 15.1. The highest BCUT2D eigenvalue weighted by atomic mass is 127. The summed E-state index contributed by atoms with van der Waals surface area (Å²) in [5.41, 5.74) is -1.85. The number of fused-ring (bicyclic) bond motifs is 1. The van der Waals surface area contributed by atoms with E-state index < -0.39 is 53.1 Å². The molecule has 0 bridgehead atoms. The molecule has 1 aromatic rings. The number of aromatic nitrogens is 2. The van der Waals surface area contributed by atoms with E-state index in [4.69, 9.17) is 18.9 Å². The number of halogens is 1. The van der Waals surface area contributed by atoms with Gasteiger partial charge in [0, 0.05) is 6.20 Å². The van der Waals surface area contributed by atoms with Gasteiger partial charge in [-0.3, -0.25) is 14.3 Å². The molecule has 4 atom stereocenters. The number of carbonyl (C=O) groups is 1. The number of hydrogen-bond donors (Lipinski definition) is 1. The van der Waals surface area contributed by atoms with Crippen molar-refractivity contribution in [1.82, 2.24) is 9.55 Å². The van der Waals surface area contributed by atoms with Crippen molar-refractivity contribution < 1.29 is 23.7 Å². The van der Waals surface area contributed by atoms with Crippen LogP contribution < -0.4 is 11.2 Å². The van der Waals surface area contributed by atoms with E-state index in [1.165, 1.54) is 10.8 Å². The van der Waals surface area contributed by atoms with Gasteiger partial charge in [-0.1, -0.05) is 0 Å². The summed E-state index contributed by atoms with van der Waals surface area (Å²) in [5, 5.41) is 0. The first kappa shape index (κ1) is 19.5. The normalized spacial score (nSPS) is 30.2. The summed E-state index contributed by atoms with van der Waals surface area (Å²) in [4.78, 5) is 38.7. The molecule has 2 aliphatic rings. The highest BCUT2D eigenvalue weighted by molar-refractivity contribution is 14.1. The van der Waals surface area contributed by atoms with Crippen molar-refractivity contribution in [2.45, 2.75) is 70.5 Å². The molecule has 0 aromatic carbocycles. The van der Waals surface area contributed by atoms with Gasteiger partial charge in [0.15, 0.2) is 18.1 Å². The minimum atomic E-state index is -1.05. The summed E-state index contributed by atoms with van der Waals surface area (Å²) >= 11 is 1.81. The lowest BCUT2D eigenvalue weighted by molar-refractivity contribution is -0.208. The smallest absolute Gasteiger partial charge is 0.338 e. The Balaban J connectivity index is 1.98. The maximum Gasteiger partial charge on any atom is 0.338 e. The summed E-state index contributed by atoms with van der Waals surface area (Å²) in [7, 11) is 0. The van der Waals surface area contributed by atoms with Gasteiger partial charge in [-0.25, -0.2) is 9.59 Å². The monoisotopic (exact) mass is 480 g/mol. The number of rotatable bonds is 2. The van der Waals surface area contributed by atoms with E-state index in [1.54, 1.807) is 34.6 Å². The Morgan fingerprint density at radius 1 is 1.27 bits per heavy atom. The van der Waals surface area contributed by atoms with Crippen LogP contribution in [0, 0.1) is 3.57 Å². The molecule has 2 saturated heterocycles. The van der Waals surface area contributed by atoms with E-state index in [9.17, 15) is 14.4 Å². The molecule has 2 fully saturated rings. The van der Waals surface area contributed by atoms with Gasteiger partial charge >= 0.3 is 11.7 Å². The van der Waals surface area contributed by atoms with Gasteiger partial charge in [-0.05, 0) is 57.2 Å².